The van der Waals surface area contributed by atoms with Gasteiger partial charge in [-0.05, 0) is 35.9 Å². The summed E-state index contributed by atoms with van der Waals surface area (Å²) in [6.07, 6.45) is 1.77. The Morgan fingerprint density at radius 2 is 1.92 bits per heavy atom. The molecule has 0 aromatic heterocycles. The first-order chi connectivity index (χ1) is 12.8. The third-order valence-electron chi connectivity index (χ3n) is 4.14. The molecule has 1 aliphatic rings. The summed E-state index contributed by atoms with van der Waals surface area (Å²) < 4.78 is 16.7. The number of hydrazone groups is 1. The largest absolute Gasteiger partial charge is 0.493 e. The lowest BCUT2D eigenvalue weighted by Gasteiger charge is -2.26. The van der Waals surface area contributed by atoms with Gasteiger partial charge in [0.2, 0.25) is 0 Å². The monoisotopic (exact) mass is 355 g/mol. The van der Waals surface area contributed by atoms with E-state index in [9.17, 15) is 0 Å². The van der Waals surface area contributed by atoms with Crippen LogP contribution in [0, 0.1) is 0 Å². The molecule has 1 N–H and O–H groups in total. The summed E-state index contributed by atoms with van der Waals surface area (Å²) >= 11 is 0. The highest BCUT2D eigenvalue weighted by atomic mass is 16.5. The third kappa shape index (κ3) is 5.47. The lowest BCUT2D eigenvalue weighted by Crippen LogP contribution is -2.38. The Balaban J connectivity index is 1.56. The van der Waals surface area contributed by atoms with Gasteiger partial charge in [0.15, 0.2) is 11.5 Å². The molecule has 1 aliphatic heterocycles. The van der Waals surface area contributed by atoms with Crippen LogP contribution in [0.4, 0.5) is 5.69 Å². The fraction of sp³-hybridized carbons (Fsp3) is 0.350. The van der Waals surface area contributed by atoms with E-state index < -0.39 is 0 Å². The maximum atomic E-state index is 5.95. The number of morpholine rings is 1. The standard InChI is InChI=1S/C20H25N3O3/c1-24-19-8-7-17(16-21-22-18-5-3-2-4-6-18)15-20(19)26-14-11-23-9-12-25-13-10-23/h2-8,15-16,22H,9-14H2,1H3. The van der Waals surface area contributed by atoms with Crippen molar-refractivity contribution >= 4 is 11.9 Å². The maximum absolute atomic E-state index is 5.95. The second-order valence-corrected chi connectivity index (χ2v) is 5.95. The molecule has 0 atom stereocenters. The Morgan fingerprint density at radius 1 is 1.12 bits per heavy atom. The summed E-state index contributed by atoms with van der Waals surface area (Å²) in [5.41, 5.74) is 4.89. The van der Waals surface area contributed by atoms with Gasteiger partial charge in [-0.2, -0.15) is 5.10 Å². The number of para-hydroxylation sites is 1. The maximum Gasteiger partial charge on any atom is 0.161 e. The van der Waals surface area contributed by atoms with Gasteiger partial charge < -0.3 is 14.2 Å². The summed E-state index contributed by atoms with van der Waals surface area (Å²) in [7, 11) is 1.65. The molecule has 3 rings (SSSR count). The summed E-state index contributed by atoms with van der Waals surface area (Å²) in [5, 5.41) is 4.27. The first-order valence-corrected chi connectivity index (χ1v) is 8.80. The minimum atomic E-state index is 0.610. The van der Waals surface area contributed by atoms with Crippen LogP contribution in [0.2, 0.25) is 0 Å². The topological polar surface area (TPSA) is 55.3 Å². The molecular weight excluding hydrogens is 330 g/mol. The van der Waals surface area contributed by atoms with Crippen molar-refractivity contribution in [1.82, 2.24) is 4.90 Å². The molecule has 0 bridgehead atoms. The molecule has 0 spiro atoms. The highest BCUT2D eigenvalue weighted by molar-refractivity contribution is 5.81. The van der Waals surface area contributed by atoms with Crippen molar-refractivity contribution in [2.24, 2.45) is 5.10 Å². The first kappa shape index (κ1) is 18.2. The summed E-state index contributed by atoms with van der Waals surface area (Å²) in [5.74, 6) is 1.45. The number of nitrogens with zero attached hydrogens (tertiary/aromatic N) is 2. The van der Waals surface area contributed by atoms with Crippen molar-refractivity contribution in [2.45, 2.75) is 0 Å². The molecule has 6 heteroatoms. The Bertz CT molecular complexity index is 701. The minimum absolute atomic E-state index is 0.610. The summed E-state index contributed by atoms with van der Waals surface area (Å²) in [6, 6.07) is 15.6. The fourth-order valence-electron chi connectivity index (χ4n) is 2.69. The molecule has 138 valence electrons. The zero-order valence-corrected chi connectivity index (χ0v) is 15.1. The molecule has 0 amide bonds. The first-order valence-electron chi connectivity index (χ1n) is 8.80. The molecule has 0 radical (unpaired) electrons. The zero-order chi connectivity index (χ0) is 18.0. The van der Waals surface area contributed by atoms with E-state index in [0.717, 1.165) is 55.6 Å². The van der Waals surface area contributed by atoms with Crippen molar-refractivity contribution in [3.8, 4) is 11.5 Å². The van der Waals surface area contributed by atoms with Crippen molar-refractivity contribution in [3.05, 3.63) is 54.1 Å². The average Bonchev–Trinajstić information content (AvgIpc) is 2.70. The molecule has 6 nitrogen and oxygen atoms in total. The third-order valence-corrected chi connectivity index (χ3v) is 4.14. The lowest BCUT2D eigenvalue weighted by molar-refractivity contribution is 0.0321. The predicted molar refractivity (Wildman–Crippen MR) is 103 cm³/mol. The van der Waals surface area contributed by atoms with Crippen molar-refractivity contribution in [3.63, 3.8) is 0 Å². The van der Waals surface area contributed by atoms with Crippen LogP contribution >= 0.6 is 0 Å². The van der Waals surface area contributed by atoms with E-state index in [-0.39, 0.29) is 0 Å². The smallest absolute Gasteiger partial charge is 0.161 e. The number of hydrogen-bond acceptors (Lipinski definition) is 6. The number of methoxy groups -OCH3 is 1. The Hall–Kier alpha value is -2.57. The highest BCUT2D eigenvalue weighted by Crippen LogP contribution is 2.27. The second-order valence-electron chi connectivity index (χ2n) is 5.95. The van der Waals surface area contributed by atoms with E-state index in [1.165, 1.54) is 0 Å². The molecule has 0 unspecified atom stereocenters. The van der Waals surface area contributed by atoms with Gasteiger partial charge in [-0.1, -0.05) is 18.2 Å². The molecule has 0 saturated carbocycles. The van der Waals surface area contributed by atoms with Crippen LogP contribution in [-0.2, 0) is 4.74 Å². The van der Waals surface area contributed by atoms with E-state index in [1.54, 1.807) is 13.3 Å². The molecule has 2 aromatic rings. The van der Waals surface area contributed by atoms with Gasteiger partial charge in [-0.3, -0.25) is 10.3 Å². The molecule has 0 aliphatic carbocycles. The van der Waals surface area contributed by atoms with E-state index in [0.29, 0.717) is 6.61 Å². The minimum Gasteiger partial charge on any atom is -0.493 e. The van der Waals surface area contributed by atoms with Crippen molar-refractivity contribution in [1.29, 1.82) is 0 Å². The fourth-order valence-corrected chi connectivity index (χ4v) is 2.69. The number of hydrogen-bond donors (Lipinski definition) is 1. The Morgan fingerprint density at radius 3 is 2.69 bits per heavy atom. The van der Waals surface area contributed by atoms with E-state index in [2.05, 4.69) is 15.4 Å². The van der Waals surface area contributed by atoms with Crippen LogP contribution in [0.15, 0.2) is 53.6 Å². The quantitative estimate of drug-likeness (QED) is 0.583. The van der Waals surface area contributed by atoms with Crippen molar-refractivity contribution < 1.29 is 14.2 Å². The number of ether oxygens (including phenoxy) is 3. The van der Waals surface area contributed by atoms with E-state index in [4.69, 9.17) is 14.2 Å². The van der Waals surface area contributed by atoms with Crippen LogP contribution < -0.4 is 14.9 Å². The molecule has 1 heterocycles. The number of benzene rings is 2. The van der Waals surface area contributed by atoms with Crippen LogP contribution in [0.5, 0.6) is 11.5 Å². The summed E-state index contributed by atoms with van der Waals surface area (Å²) in [4.78, 5) is 2.34. The van der Waals surface area contributed by atoms with Crippen LogP contribution in [0.25, 0.3) is 0 Å². The number of rotatable bonds is 8. The van der Waals surface area contributed by atoms with Crippen LogP contribution in [0.3, 0.4) is 0 Å². The van der Waals surface area contributed by atoms with Gasteiger partial charge in [0.05, 0.1) is 32.2 Å². The van der Waals surface area contributed by atoms with Gasteiger partial charge >= 0.3 is 0 Å². The molecule has 1 saturated heterocycles. The van der Waals surface area contributed by atoms with Crippen LogP contribution in [0.1, 0.15) is 5.56 Å². The summed E-state index contributed by atoms with van der Waals surface area (Å²) in [6.45, 7) is 4.99. The van der Waals surface area contributed by atoms with E-state index >= 15 is 0 Å². The highest BCUT2D eigenvalue weighted by Gasteiger charge is 2.11. The van der Waals surface area contributed by atoms with E-state index in [1.807, 2.05) is 48.5 Å². The van der Waals surface area contributed by atoms with Gasteiger partial charge in [-0.15, -0.1) is 0 Å². The predicted octanol–water partition coefficient (Wildman–Crippen LogP) is 2.85. The van der Waals surface area contributed by atoms with Crippen molar-refractivity contribution in [2.75, 3.05) is 52.0 Å². The molecule has 1 fully saturated rings. The molecule has 2 aromatic carbocycles. The average molecular weight is 355 g/mol. The molecular formula is C20H25N3O3. The second kappa shape index (κ2) is 9.79. The Kier molecular flexibility index (Phi) is 6.87. The van der Waals surface area contributed by atoms with Gasteiger partial charge in [-0.25, -0.2) is 0 Å². The van der Waals surface area contributed by atoms with Gasteiger partial charge in [0.25, 0.3) is 0 Å². The van der Waals surface area contributed by atoms with Crippen LogP contribution in [-0.4, -0.2) is 57.7 Å². The van der Waals surface area contributed by atoms with Gasteiger partial charge in [0, 0.05) is 19.6 Å². The number of anilines is 1. The SMILES string of the molecule is COc1ccc(C=NNc2ccccc2)cc1OCCN1CCOCC1. The Labute approximate surface area is 154 Å². The van der Waals surface area contributed by atoms with Gasteiger partial charge in [0.1, 0.15) is 6.61 Å². The number of nitrogens with one attached hydrogen (secondary N) is 1. The lowest BCUT2D eigenvalue weighted by atomic mass is 10.2. The molecule has 26 heavy (non-hydrogen) atoms. The normalized spacial score (nSPS) is 15.1. The zero-order valence-electron chi connectivity index (χ0n) is 15.1.